The van der Waals surface area contributed by atoms with E-state index >= 15 is 0 Å². The van der Waals surface area contributed by atoms with E-state index in [1.54, 1.807) is 24.3 Å². The highest BCUT2D eigenvalue weighted by Crippen LogP contribution is 2.41. The van der Waals surface area contributed by atoms with Gasteiger partial charge in [0.15, 0.2) is 0 Å². The molecule has 1 heterocycles. The first-order valence-corrected chi connectivity index (χ1v) is 10.8. The number of carbonyl (C=O) groups excluding carboxylic acids is 2. The molecule has 0 bridgehead atoms. The second-order valence-electron chi connectivity index (χ2n) is 6.26. The third kappa shape index (κ3) is 4.67. The van der Waals surface area contributed by atoms with Crippen molar-refractivity contribution in [1.29, 1.82) is 5.26 Å². The molecule has 1 N–H and O–H groups in total. The molecule has 2 atom stereocenters. The van der Waals surface area contributed by atoms with E-state index < -0.39 is 23.7 Å². The molecule has 29 heavy (non-hydrogen) atoms. The summed E-state index contributed by atoms with van der Waals surface area (Å²) < 4.78 is 5.63. The lowest BCUT2D eigenvalue weighted by atomic mass is 9.78. The van der Waals surface area contributed by atoms with Gasteiger partial charge in [-0.05, 0) is 29.3 Å². The fourth-order valence-electron chi connectivity index (χ4n) is 3.15. The Hall–Kier alpha value is -2.27. The van der Waals surface area contributed by atoms with Crippen molar-refractivity contribution in [2.24, 2.45) is 5.92 Å². The van der Waals surface area contributed by atoms with Gasteiger partial charge in [0, 0.05) is 21.2 Å². The number of nitrogens with one attached hydrogen (secondary N) is 1. The summed E-state index contributed by atoms with van der Waals surface area (Å²) in [6.45, 7) is 0. The van der Waals surface area contributed by atoms with Crippen molar-refractivity contribution >= 4 is 51.2 Å². The van der Waals surface area contributed by atoms with Crippen LogP contribution in [0.25, 0.3) is 0 Å². The second-order valence-corrected chi connectivity index (χ2v) is 8.57. The number of allylic oxidation sites excluding steroid dienone is 1. The van der Waals surface area contributed by atoms with Crippen LogP contribution in [0.15, 0.2) is 63.6 Å². The molecular weight excluding hydrogens is 476 g/mol. The van der Waals surface area contributed by atoms with Gasteiger partial charge in [-0.15, -0.1) is 11.8 Å². The summed E-state index contributed by atoms with van der Waals surface area (Å²) in [5.41, 5.74) is 1.87. The standard InChI is InChI=1S/C21H16BrClN2O3S/c1-28-21(27)18-17(12-6-4-7-14(22)9-12)15(10-24)20(25-19(18)26)29-11-13-5-2-3-8-16(13)23/h2-9,17-18H,11H2,1H3,(H,25,26)/t17-,18+/m0/s1. The molecule has 148 valence electrons. The second kappa shape index (κ2) is 9.49. The van der Waals surface area contributed by atoms with Crippen LogP contribution >= 0.6 is 39.3 Å². The van der Waals surface area contributed by atoms with Crippen LogP contribution < -0.4 is 5.32 Å². The van der Waals surface area contributed by atoms with Gasteiger partial charge in [0.25, 0.3) is 0 Å². The van der Waals surface area contributed by atoms with Crippen molar-refractivity contribution < 1.29 is 14.3 Å². The lowest BCUT2D eigenvalue weighted by molar-refractivity contribution is -0.150. The maximum atomic E-state index is 12.8. The number of ether oxygens (including phenoxy) is 1. The van der Waals surface area contributed by atoms with Crippen molar-refractivity contribution in [1.82, 2.24) is 5.32 Å². The Morgan fingerprint density at radius 2 is 2.07 bits per heavy atom. The van der Waals surface area contributed by atoms with Crippen LogP contribution in [0.3, 0.4) is 0 Å². The smallest absolute Gasteiger partial charge is 0.319 e. The quantitative estimate of drug-likeness (QED) is 0.481. The molecule has 2 aromatic carbocycles. The molecule has 5 nitrogen and oxygen atoms in total. The molecule has 0 radical (unpaired) electrons. The van der Waals surface area contributed by atoms with E-state index in [4.69, 9.17) is 16.3 Å². The third-order valence-electron chi connectivity index (χ3n) is 4.52. The summed E-state index contributed by atoms with van der Waals surface area (Å²) in [5, 5.41) is 13.7. The number of benzene rings is 2. The van der Waals surface area contributed by atoms with E-state index in [0.29, 0.717) is 26.9 Å². The number of esters is 1. The van der Waals surface area contributed by atoms with E-state index in [2.05, 4.69) is 27.3 Å². The van der Waals surface area contributed by atoms with Crippen molar-refractivity contribution in [2.75, 3.05) is 7.11 Å². The Kier molecular flexibility index (Phi) is 7.01. The SMILES string of the molecule is COC(=O)[C@H]1C(=O)NC(SCc2ccccc2Cl)=C(C#N)[C@@H]1c1cccc(Br)c1. The van der Waals surface area contributed by atoms with Crippen LogP contribution in [-0.4, -0.2) is 19.0 Å². The average Bonchev–Trinajstić information content (AvgIpc) is 2.72. The Morgan fingerprint density at radius 1 is 1.31 bits per heavy atom. The first kappa shape index (κ1) is 21.4. The molecule has 0 fully saturated rings. The number of methoxy groups -OCH3 is 1. The molecule has 0 aliphatic carbocycles. The molecule has 0 spiro atoms. The van der Waals surface area contributed by atoms with Crippen LogP contribution in [-0.2, 0) is 20.1 Å². The number of nitriles is 1. The molecule has 0 unspecified atom stereocenters. The topological polar surface area (TPSA) is 79.2 Å². The van der Waals surface area contributed by atoms with E-state index in [1.807, 2.05) is 24.3 Å². The van der Waals surface area contributed by atoms with Gasteiger partial charge >= 0.3 is 5.97 Å². The molecule has 2 aromatic rings. The Labute approximate surface area is 186 Å². The summed E-state index contributed by atoms with van der Waals surface area (Å²) in [6, 6.07) is 16.8. The van der Waals surface area contributed by atoms with Gasteiger partial charge in [-0.25, -0.2) is 0 Å². The van der Waals surface area contributed by atoms with E-state index in [0.717, 1.165) is 10.0 Å². The molecule has 1 aliphatic rings. The van der Waals surface area contributed by atoms with Gasteiger partial charge in [-0.1, -0.05) is 57.9 Å². The summed E-state index contributed by atoms with van der Waals surface area (Å²) in [6.07, 6.45) is 0. The Bertz CT molecular complexity index is 1030. The normalized spacial score (nSPS) is 18.8. The first-order chi connectivity index (χ1) is 14.0. The van der Waals surface area contributed by atoms with Gasteiger partial charge in [0.05, 0.1) is 23.8 Å². The van der Waals surface area contributed by atoms with Gasteiger partial charge in [0.2, 0.25) is 5.91 Å². The molecular formula is C21H16BrClN2O3S. The van der Waals surface area contributed by atoms with Gasteiger partial charge in [0.1, 0.15) is 5.92 Å². The average molecular weight is 492 g/mol. The Balaban J connectivity index is 2.04. The lowest BCUT2D eigenvalue weighted by Gasteiger charge is -2.31. The zero-order chi connectivity index (χ0) is 21.0. The van der Waals surface area contributed by atoms with Gasteiger partial charge in [-0.3, -0.25) is 9.59 Å². The number of halogens is 2. The monoisotopic (exact) mass is 490 g/mol. The zero-order valence-corrected chi connectivity index (χ0v) is 18.5. The van der Waals surface area contributed by atoms with Gasteiger partial charge < -0.3 is 10.1 Å². The molecule has 1 amide bonds. The van der Waals surface area contributed by atoms with Crippen molar-refractivity contribution in [3.63, 3.8) is 0 Å². The van der Waals surface area contributed by atoms with Crippen molar-refractivity contribution in [3.8, 4) is 6.07 Å². The number of carbonyl (C=O) groups is 2. The largest absolute Gasteiger partial charge is 0.468 e. The molecule has 0 saturated carbocycles. The minimum atomic E-state index is -1.14. The highest BCUT2D eigenvalue weighted by Gasteiger charge is 2.44. The van der Waals surface area contributed by atoms with E-state index in [9.17, 15) is 14.9 Å². The Morgan fingerprint density at radius 3 is 2.72 bits per heavy atom. The predicted octanol–water partition coefficient (Wildman–Crippen LogP) is 4.77. The van der Waals surface area contributed by atoms with Crippen LogP contribution in [0.1, 0.15) is 17.0 Å². The number of amides is 1. The first-order valence-electron chi connectivity index (χ1n) is 8.61. The summed E-state index contributed by atoms with van der Waals surface area (Å²) in [4.78, 5) is 25.2. The lowest BCUT2D eigenvalue weighted by Crippen LogP contribution is -2.44. The van der Waals surface area contributed by atoms with E-state index in [1.165, 1.54) is 18.9 Å². The zero-order valence-electron chi connectivity index (χ0n) is 15.3. The summed E-state index contributed by atoms with van der Waals surface area (Å²) in [7, 11) is 1.23. The van der Waals surface area contributed by atoms with Crippen LogP contribution in [0, 0.1) is 17.2 Å². The number of hydrogen-bond acceptors (Lipinski definition) is 5. The molecule has 1 aliphatic heterocycles. The molecule has 3 rings (SSSR count). The van der Waals surface area contributed by atoms with Gasteiger partial charge in [-0.2, -0.15) is 5.26 Å². The fourth-order valence-corrected chi connectivity index (χ4v) is 4.90. The predicted molar refractivity (Wildman–Crippen MR) is 116 cm³/mol. The van der Waals surface area contributed by atoms with E-state index in [-0.39, 0.29) is 0 Å². The van der Waals surface area contributed by atoms with Crippen LogP contribution in [0.5, 0.6) is 0 Å². The number of nitrogens with zero attached hydrogens (tertiary/aromatic N) is 1. The molecule has 8 heteroatoms. The van der Waals surface area contributed by atoms with Crippen LogP contribution in [0.4, 0.5) is 0 Å². The third-order valence-corrected chi connectivity index (χ3v) is 6.45. The van der Waals surface area contributed by atoms with Crippen LogP contribution in [0.2, 0.25) is 5.02 Å². The number of thioether (sulfide) groups is 1. The van der Waals surface area contributed by atoms with Crippen molar-refractivity contribution in [3.05, 3.63) is 79.8 Å². The molecule has 0 saturated heterocycles. The minimum absolute atomic E-state index is 0.315. The number of rotatable bonds is 5. The highest BCUT2D eigenvalue weighted by atomic mass is 79.9. The minimum Gasteiger partial charge on any atom is -0.468 e. The molecule has 0 aromatic heterocycles. The summed E-state index contributed by atoms with van der Waals surface area (Å²) in [5.74, 6) is -2.60. The highest BCUT2D eigenvalue weighted by molar-refractivity contribution is 9.10. The van der Waals surface area contributed by atoms with Crippen molar-refractivity contribution in [2.45, 2.75) is 11.7 Å². The maximum Gasteiger partial charge on any atom is 0.319 e. The maximum absolute atomic E-state index is 12.8. The summed E-state index contributed by atoms with van der Waals surface area (Å²) >= 11 is 10.9. The number of hydrogen-bond donors (Lipinski definition) is 1. The fraction of sp³-hybridized carbons (Fsp3) is 0.190.